The maximum absolute atomic E-state index is 13.4. The van der Waals surface area contributed by atoms with Gasteiger partial charge >= 0.3 is 0 Å². The number of rotatable bonds is 8. The minimum atomic E-state index is -0.586. The molecule has 4 aromatic heterocycles. The summed E-state index contributed by atoms with van der Waals surface area (Å²) in [5.74, 6) is 0.336. The van der Waals surface area contributed by atoms with E-state index in [4.69, 9.17) is 9.15 Å². The number of furan rings is 1. The highest BCUT2D eigenvalue weighted by Crippen LogP contribution is 2.44. The quantitative estimate of drug-likeness (QED) is 0.197. The molecule has 13 heteroatoms. The zero-order chi connectivity index (χ0) is 34.9. The Bertz CT molecular complexity index is 2430. The molecule has 8 rings (SSSR count). The maximum Gasteiger partial charge on any atom is 0.267 e. The van der Waals surface area contributed by atoms with Gasteiger partial charge in [0.05, 0.1) is 11.8 Å². The van der Waals surface area contributed by atoms with Gasteiger partial charge in [-0.2, -0.15) is 5.10 Å². The predicted octanol–water partition coefficient (Wildman–Crippen LogP) is 6.03. The Morgan fingerprint density at radius 2 is 1.75 bits per heavy atom. The van der Waals surface area contributed by atoms with Crippen LogP contribution in [0.15, 0.2) is 119 Å². The van der Waals surface area contributed by atoms with E-state index in [1.807, 2.05) is 25.4 Å². The highest BCUT2D eigenvalue weighted by atomic mass is 19.1. The molecule has 1 amide bonds. The van der Waals surface area contributed by atoms with Crippen molar-refractivity contribution in [3.8, 4) is 39.8 Å². The van der Waals surface area contributed by atoms with Crippen molar-refractivity contribution in [3.63, 3.8) is 0 Å². The lowest BCUT2D eigenvalue weighted by atomic mass is 10.00. The molecule has 12 nitrogen and oxygen atoms in total. The number of piperazine rings is 1. The molecule has 1 aliphatic heterocycles. The van der Waals surface area contributed by atoms with E-state index >= 15 is 0 Å². The first-order chi connectivity index (χ1) is 24.9. The summed E-state index contributed by atoms with van der Waals surface area (Å²) in [5.41, 5.74) is 4.23. The average Bonchev–Trinajstić information content (AvgIpc) is 3.77. The summed E-state index contributed by atoms with van der Waals surface area (Å²) in [6.45, 7) is 3.63. The zero-order valence-corrected chi connectivity index (χ0v) is 27.4. The van der Waals surface area contributed by atoms with Crippen molar-refractivity contribution in [2.24, 2.45) is 7.05 Å². The van der Waals surface area contributed by atoms with E-state index < -0.39 is 17.3 Å². The number of carbonyl (C=O) groups excluding carboxylic acids is 1. The average molecular weight is 683 g/mol. The van der Waals surface area contributed by atoms with Crippen LogP contribution in [0.4, 0.5) is 15.8 Å². The number of hydrogen-bond acceptors (Lipinski definition) is 9. The molecule has 1 saturated heterocycles. The molecule has 0 radical (unpaired) electrons. The van der Waals surface area contributed by atoms with Gasteiger partial charge in [0.25, 0.3) is 11.5 Å². The van der Waals surface area contributed by atoms with Gasteiger partial charge in [0.2, 0.25) is 11.6 Å². The summed E-state index contributed by atoms with van der Waals surface area (Å²) in [6, 6.07) is 23.5. The molecule has 0 aliphatic carbocycles. The fraction of sp³-hybridized carbons (Fsp3) is 0.132. The summed E-state index contributed by atoms with van der Waals surface area (Å²) in [7, 11) is 1.85. The zero-order valence-electron chi connectivity index (χ0n) is 27.4. The second-order valence-electron chi connectivity index (χ2n) is 12.0. The van der Waals surface area contributed by atoms with Gasteiger partial charge in [0.15, 0.2) is 0 Å². The van der Waals surface area contributed by atoms with E-state index in [0.717, 1.165) is 48.6 Å². The number of hydrogen-bond donors (Lipinski definition) is 2. The van der Waals surface area contributed by atoms with Crippen LogP contribution in [0.5, 0.6) is 11.6 Å². The molecule has 3 aromatic carbocycles. The van der Waals surface area contributed by atoms with Gasteiger partial charge in [-0.1, -0.05) is 12.1 Å². The fourth-order valence-corrected chi connectivity index (χ4v) is 6.17. The Morgan fingerprint density at radius 1 is 0.941 bits per heavy atom. The van der Waals surface area contributed by atoms with Crippen LogP contribution in [-0.2, 0) is 7.05 Å². The van der Waals surface area contributed by atoms with Crippen LogP contribution in [0, 0.1) is 5.82 Å². The van der Waals surface area contributed by atoms with Gasteiger partial charge in [-0.05, 0) is 78.4 Å². The Balaban J connectivity index is 1.09. The lowest BCUT2D eigenvalue weighted by molar-refractivity contribution is 0.102. The third-order valence-electron chi connectivity index (χ3n) is 8.66. The molecule has 254 valence electrons. The number of nitrogens with zero attached hydrogens (tertiary/aromatic N) is 6. The first-order valence-corrected chi connectivity index (χ1v) is 16.3. The van der Waals surface area contributed by atoms with Crippen molar-refractivity contribution in [2.45, 2.75) is 0 Å². The fourth-order valence-electron chi connectivity index (χ4n) is 6.17. The lowest BCUT2D eigenvalue weighted by Gasteiger charge is -2.29. The Hall–Kier alpha value is -6.60. The number of carbonyl (C=O) groups is 1. The molecule has 1 aliphatic rings. The lowest BCUT2D eigenvalue weighted by Crippen LogP contribution is -2.43. The molecule has 0 spiro atoms. The van der Waals surface area contributed by atoms with Gasteiger partial charge in [-0.3, -0.25) is 18.8 Å². The SMILES string of the molecule is Cn1cc(-c2oc3ncnc(Oc4ccc(NC(=O)c5cccn(-c6ccc(F)cc6)c5=O)cc4)c3c2-c2cccc(N3CCNCC3)c2)cn1. The number of pyridine rings is 1. The number of fused-ring (bicyclic) bond motifs is 1. The van der Waals surface area contributed by atoms with Crippen molar-refractivity contribution in [3.05, 3.63) is 132 Å². The topological polar surface area (TPSA) is 132 Å². The van der Waals surface area contributed by atoms with E-state index in [1.165, 1.54) is 47.4 Å². The Morgan fingerprint density at radius 3 is 2.51 bits per heavy atom. The number of nitrogens with one attached hydrogen (secondary N) is 2. The summed E-state index contributed by atoms with van der Waals surface area (Å²) in [6.07, 6.45) is 6.55. The van der Waals surface area contributed by atoms with Crippen LogP contribution >= 0.6 is 0 Å². The number of benzene rings is 3. The minimum absolute atomic E-state index is 0.0662. The van der Waals surface area contributed by atoms with Crippen LogP contribution in [0.3, 0.4) is 0 Å². The van der Waals surface area contributed by atoms with Crippen LogP contribution in [0.1, 0.15) is 10.4 Å². The molecular weight excluding hydrogens is 651 g/mol. The summed E-state index contributed by atoms with van der Waals surface area (Å²) in [5, 5.41) is 11.1. The molecular formula is C38H31FN8O4. The van der Waals surface area contributed by atoms with E-state index in [1.54, 1.807) is 41.2 Å². The molecule has 0 unspecified atom stereocenters. The van der Waals surface area contributed by atoms with Gasteiger partial charge in [-0.15, -0.1) is 0 Å². The predicted molar refractivity (Wildman–Crippen MR) is 191 cm³/mol. The second-order valence-corrected chi connectivity index (χ2v) is 12.0. The third-order valence-corrected chi connectivity index (χ3v) is 8.66. The van der Waals surface area contributed by atoms with Crippen molar-refractivity contribution in [2.75, 3.05) is 36.4 Å². The van der Waals surface area contributed by atoms with E-state index in [2.05, 4.69) is 42.7 Å². The second kappa shape index (κ2) is 13.4. The first-order valence-electron chi connectivity index (χ1n) is 16.3. The number of aromatic nitrogens is 5. The Kier molecular flexibility index (Phi) is 8.30. The smallest absolute Gasteiger partial charge is 0.267 e. The molecule has 0 saturated carbocycles. The normalized spacial score (nSPS) is 13.0. The summed E-state index contributed by atoms with van der Waals surface area (Å²) < 4.78 is 29.1. The van der Waals surface area contributed by atoms with Crippen molar-refractivity contribution >= 4 is 28.4 Å². The molecule has 2 N–H and O–H groups in total. The first kappa shape index (κ1) is 31.7. The van der Waals surface area contributed by atoms with E-state index in [-0.39, 0.29) is 5.56 Å². The highest BCUT2D eigenvalue weighted by Gasteiger charge is 2.25. The molecule has 0 atom stereocenters. The van der Waals surface area contributed by atoms with E-state index in [9.17, 15) is 14.0 Å². The standard InChI is InChI=1S/C38H31FN8O4/c1-45-22-25(21-43-45)34-32(24-4-2-5-29(20-24)46-18-15-40-16-19-46)33-36(41-23-42-37(33)51-34)50-30-13-9-27(10-14-30)44-35(48)31-6-3-17-47(38(31)49)28-11-7-26(39)8-12-28/h2-14,17,20-23,40H,15-16,18-19H2,1H3,(H,44,48). The Labute approximate surface area is 290 Å². The number of aryl methyl sites for hydroxylation is 1. The molecule has 1 fully saturated rings. The molecule has 0 bridgehead atoms. The number of ether oxygens (including phenoxy) is 1. The number of anilines is 2. The van der Waals surface area contributed by atoms with Crippen LogP contribution in [0.25, 0.3) is 39.2 Å². The number of amides is 1. The van der Waals surface area contributed by atoms with Crippen molar-refractivity contribution in [1.29, 1.82) is 0 Å². The van der Waals surface area contributed by atoms with Crippen molar-refractivity contribution < 1.29 is 18.3 Å². The third kappa shape index (κ3) is 6.33. The van der Waals surface area contributed by atoms with Crippen molar-refractivity contribution in [1.82, 2.24) is 29.6 Å². The van der Waals surface area contributed by atoms with E-state index in [0.29, 0.717) is 39.9 Å². The van der Waals surface area contributed by atoms with Gasteiger partial charge in [0, 0.05) is 68.2 Å². The van der Waals surface area contributed by atoms with Gasteiger partial charge in [0.1, 0.15) is 34.6 Å². The molecule has 7 aromatic rings. The summed E-state index contributed by atoms with van der Waals surface area (Å²) in [4.78, 5) is 37.6. The monoisotopic (exact) mass is 682 g/mol. The summed E-state index contributed by atoms with van der Waals surface area (Å²) >= 11 is 0. The van der Waals surface area contributed by atoms with Crippen LogP contribution in [0.2, 0.25) is 0 Å². The molecule has 5 heterocycles. The van der Waals surface area contributed by atoms with Crippen LogP contribution in [-0.4, -0.2) is 56.4 Å². The number of halogens is 1. The minimum Gasteiger partial charge on any atom is -0.438 e. The van der Waals surface area contributed by atoms with Gasteiger partial charge in [-0.25, -0.2) is 14.4 Å². The maximum atomic E-state index is 13.4. The largest absolute Gasteiger partial charge is 0.438 e. The molecule has 51 heavy (non-hydrogen) atoms. The van der Waals surface area contributed by atoms with Gasteiger partial charge < -0.3 is 24.7 Å². The van der Waals surface area contributed by atoms with Crippen LogP contribution < -0.4 is 25.8 Å². The highest BCUT2D eigenvalue weighted by molar-refractivity contribution is 6.04.